The molecule has 3 aromatic rings. The summed E-state index contributed by atoms with van der Waals surface area (Å²) >= 11 is 0. The molecule has 3 rings (SSSR count). The second kappa shape index (κ2) is 18.2. The zero-order chi connectivity index (χ0) is 35.3. The zero-order valence-corrected chi connectivity index (χ0v) is 28.9. The Bertz CT molecular complexity index is 1400. The largest absolute Gasteiger partial charge is 0.497 e. The molecule has 2 amide bonds. The van der Waals surface area contributed by atoms with E-state index in [1.54, 1.807) is 51.5 Å². The van der Waals surface area contributed by atoms with Gasteiger partial charge in [-0.25, -0.2) is 9.18 Å². The van der Waals surface area contributed by atoms with Gasteiger partial charge in [0.05, 0.1) is 26.9 Å². The normalized spacial score (nSPS) is 13.7. The maximum absolute atomic E-state index is 17.7. The molecule has 0 aromatic heterocycles. The van der Waals surface area contributed by atoms with Crippen LogP contribution in [0.3, 0.4) is 0 Å². The van der Waals surface area contributed by atoms with Crippen LogP contribution in [-0.2, 0) is 43.4 Å². The summed E-state index contributed by atoms with van der Waals surface area (Å²) in [4.78, 5) is 43.9. The number of hydrogen-bond acceptors (Lipinski definition) is 8. The monoisotopic (exact) mass is 665 g/mol. The summed E-state index contributed by atoms with van der Waals surface area (Å²) in [5.74, 6) is -4.40. The van der Waals surface area contributed by atoms with Gasteiger partial charge in [0.15, 0.2) is 0 Å². The maximum atomic E-state index is 17.7. The lowest BCUT2D eigenvalue weighted by Crippen LogP contribution is -2.65. The van der Waals surface area contributed by atoms with Crippen LogP contribution in [0.1, 0.15) is 44.4 Å². The van der Waals surface area contributed by atoms with Crippen LogP contribution in [-0.4, -0.2) is 80.1 Å². The van der Waals surface area contributed by atoms with E-state index >= 15 is 4.39 Å². The number of carbonyl (C=O) groups is 3. The van der Waals surface area contributed by atoms with Crippen LogP contribution in [0.25, 0.3) is 0 Å². The van der Waals surface area contributed by atoms with E-state index in [0.29, 0.717) is 30.2 Å². The lowest BCUT2D eigenvalue weighted by molar-refractivity contribution is -0.176. The zero-order valence-electron chi connectivity index (χ0n) is 28.9. The molecule has 3 aromatic carbocycles. The van der Waals surface area contributed by atoms with Gasteiger partial charge in [-0.05, 0) is 60.7 Å². The van der Waals surface area contributed by atoms with Gasteiger partial charge < -0.3 is 24.3 Å². The first-order valence-electron chi connectivity index (χ1n) is 16.0. The van der Waals surface area contributed by atoms with Gasteiger partial charge in [0.1, 0.15) is 24.3 Å². The minimum atomic E-state index is -2.94. The number of hydrogen-bond donors (Lipinski definition) is 1. The lowest BCUT2D eigenvalue weighted by Gasteiger charge is -2.42. The number of benzene rings is 3. The molecule has 0 spiro atoms. The molecule has 0 saturated heterocycles. The third kappa shape index (κ3) is 10.0. The molecular formula is C37H48FN3O7. The van der Waals surface area contributed by atoms with E-state index < -0.39 is 48.8 Å². The van der Waals surface area contributed by atoms with E-state index in [2.05, 4.69) is 5.32 Å². The molecule has 3 atom stereocenters. The Balaban J connectivity index is 2.10. The average Bonchev–Trinajstić information content (AvgIpc) is 3.08. The van der Waals surface area contributed by atoms with Crippen LogP contribution in [0.4, 0.5) is 4.39 Å². The summed E-state index contributed by atoms with van der Waals surface area (Å²) in [6, 6.07) is 21.5. The summed E-state index contributed by atoms with van der Waals surface area (Å²) in [6.45, 7) is 7.02. The van der Waals surface area contributed by atoms with Crippen LogP contribution < -0.4 is 14.8 Å². The van der Waals surface area contributed by atoms with E-state index in [1.807, 2.05) is 67.3 Å². The first-order chi connectivity index (χ1) is 23.0. The van der Waals surface area contributed by atoms with Crippen LogP contribution in [0, 0.1) is 5.92 Å². The topological polar surface area (TPSA) is 107 Å². The van der Waals surface area contributed by atoms with Crippen molar-refractivity contribution in [2.45, 2.75) is 65.1 Å². The fourth-order valence-corrected chi connectivity index (χ4v) is 5.47. The maximum Gasteiger partial charge on any atom is 0.328 e. The molecule has 0 radical (unpaired) electrons. The second-order valence-corrected chi connectivity index (χ2v) is 11.8. The van der Waals surface area contributed by atoms with Crippen molar-refractivity contribution in [2.24, 2.45) is 5.92 Å². The van der Waals surface area contributed by atoms with Crippen LogP contribution in [0.5, 0.6) is 11.5 Å². The number of halogens is 1. The number of alkyl halides is 1. The van der Waals surface area contributed by atoms with Gasteiger partial charge in [-0.15, -0.1) is 0 Å². The summed E-state index contributed by atoms with van der Waals surface area (Å²) < 4.78 is 38.8. The number of amides is 2. The molecule has 0 aliphatic heterocycles. The Hall–Kier alpha value is -4.48. The quantitative estimate of drug-likeness (QED) is 0.113. The van der Waals surface area contributed by atoms with Crippen LogP contribution >= 0.6 is 0 Å². The molecule has 1 N–H and O–H groups in total. The van der Waals surface area contributed by atoms with Crippen molar-refractivity contribution in [3.05, 3.63) is 95.6 Å². The SMILES string of the molecule is CCOC(=O)[C@H](C)NC(=O)[C@](F)(Cc1ccccc1)N(COC)C(=O)[C@H](C(C)C)N(Cc1ccc(OC)cc1)Cc1ccc(OC)cc1. The first-order valence-corrected chi connectivity index (χ1v) is 16.0. The number of methoxy groups -OCH3 is 3. The van der Waals surface area contributed by atoms with Gasteiger partial charge in [-0.2, -0.15) is 0 Å². The molecule has 0 saturated carbocycles. The van der Waals surface area contributed by atoms with E-state index in [4.69, 9.17) is 18.9 Å². The molecule has 48 heavy (non-hydrogen) atoms. The summed E-state index contributed by atoms with van der Waals surface area (Å²) in [5, 5.41) is 2.44. The van der Waals surface area contributed by atoms with E-state index in [0.717, 1.165) is 16.0 Å². The lowest BCUT2D eigenvalue weighted by atomic mass is 9.95. The molecule has 11 heteroatoms. The van der Waals surface area contributed by atoms with Gasteiger partial charge in [0.25, 0.3) is 11.7 Å². The highest BCUT2D eigenvalue weighted by molar-refractivity contribution is 5.94. The van der Waals surface area contributed by atoms with Crippen molar-refractivity contribution in [3.8, 4) is 11.5 Å². The molecule has 0 heterocycles. The Morgan fingerprint density at radius 3 is 1.75 bits per heavy atom. The number of rotatable bonds is 18. The van der Waals surface area contributed by atoms with Crippen molar-refractivity contribution in [1.82, 2.24) is 15.1 Å². The van der Waals surface area contributed by atoms with Crippen molar-refractivity contribution in [3.63, 3.8) is 0 Å². The van der Waals surface area contributed by atoms with Gasteiger partial charge in [-0.3, -0.25) is 19.4 Å². The standard InChI is InChI=1S/C37H48FN3O7/c1-8-48-35(43)27(4)39-36(44)37(38,22-28-12-10-9-11-13-28)41(25-45-5)34(42)33(26(2)3)40(23-29-14-18-31(46-6)19-15-29)24-30-16-20-32(47-7)21-17-30/h9-21,26-27,33H,8,22-25H2,1-7H3,(H,39,44)/t27-,33-,37-/m0/s1. The average molecular weight is 666 g/mol. The summed E-state index contributed by atoms with van der Waals surface area (Å²) in [5.41, 5.74) is 2.28. The Kier molecular flexibility index (Phi) is 14.4. The van der Waals surface area contributed by atoms with Crippen molar-refractivity contribution >= 4 is 17.8 Å². The minimum absolute atomic E-state index is 0.0897. The molecule has 0 unspecified atom stereocenters. The van der Waals surface area contributed by atoms with E-state index in [1.165, 1.54) is 14.0 Å². The Labute approximate surface area is 283 Å². The molecular weight excluding hydrogens is 617 g/mol. The third-order valence-corrected chi connectivity index (χ3v) is 7.94. The predicted molar refractivity (Wildman–Crippen MR) is 181 cm³/mol. The number of esters is 1. The minimum Gasteiger partial charge on any atom is -0.497 e. The van der Waals surface area contributed by atoms with Crippen molar-refractivity contribution in [1.29, 1.82) is 0 Å². The van der Waals surface area contributed by atoms with Gasteiger partial charge in [-0.1, -0.05) is 68.4 Å². The van der Waals surface area contributed by atoms with Gasteiger partial charge in [0, 0.05) is 26.6 Å². The van der Waals surface area contributed by atoms with Gasteiger partial charge >= 0.3 is 5.97 Å². The highest BCUT2D eigenvalue weighted by atomic mass is 19.1. The summed E-state index contributed by atoms with van der Waals surface area (Å²) in [6.07, 6.45) is -0.480. The molecule has 260 valence electrons. The van der Waals surface area contributed by atoms with Crippen LogP contribution in [0.2, 0.25) is 0 Å². The molecule has 0 bridgehead atoms. The molecule has 10 nitrogen and oxygen atoms in total. The fraction of sp³-hybridized carbons (Fsp3) is 0.432. The fourth-order valence-electron chi connectivity index (χ4n) is 5.47. The smallest absolute Gasteiger partial charge is 0.328 e. The van der Waals surface area contributed by atoms with Gasteiger partial charge in [0.2, 0.25) is 5.91 Å². The van der Waals surface area contributed by atoms with Crippen molar-refractivity contribution in [2.75, 3.05) is 34.7 Å². The number of nitrogens with one attached hydrogen (secondary N) is 1. The van der Waals surface area contributed by atoms with E-state index in [9.17, 15) is 14.4 Å². The highest BCUT2D eigenvalue weighted by Gasteiger charge is 2.50. The van der Waals surface area contributed by atoms with Crippen LogP contribution in [0.15, 0.2) is 78.9 Å². The van der Waals surface area contributed by atoms with Crippen molar-refractivity contribution < 1.29 is 37.7 Å². The molecule has 0 aliphatic carbocycles. The third-order valence-electron chi connectivity index (χ3n) is 7.94. The molecule has 0 fully saturated rings. The van der Waals surface area contributed by atoms with E-state index in [-0.39, 0.29) is 12.5 Å². The highest BCUT2D eigenvalue weighted by Crippen LogP contribution is 2.30. The summed E-state index contributed by atoms with van der Waals surface area (Å²) in [7, 11) is 4.51. The number of nitrogens with zero attached hydrogens (tertiary/aromatic N) is 2. The molecule has 0 aliphatic rings. The Morgan fingerprint density at radius 1 is 0.792 bits per heavy atom. The number of carbonyl (C=O) groups excluding carboxylic acids is 3. The second-order valence-electron chi connectivity index (χ2n) is 11.8. The number of ether oxygens (including phenoxy) is 4. The first kappa shape index (κ1) is 38.0. The Morgan fingerprint density at radius 2 is 1.31 bits per heavy atom. The predicted octanol–water partition coefficient (Wildman–Crippen LogP) is 5.14.